The van der Waals surface area contributed by atoms with Gasteiger partial charge in [-0.05, 0) is 37.1 Å². The van der Waals surface area contributed by atoms with Gasteiger partial charge in [-0.2, -0.15) is 0 Å². The fourth-order valence-electron chi connectivity index (χ4n) is 3.34. The molecule has 0 aliphatic carbocycles. The predicted molar refractivity (Wildman–Crippen MR) is 95.1 cm³/mol. The van der Waals surface area contributed by atoms with E-state index in [0.717, 1.165) is 31.2 Å². The lowest BCUT2D eigenvalue weighted by Gasteiger charge is -2.24. The van der Waals surface area contributed by atoms with Crippen LogP contribution in [0.15, 0.2) is 49.3 Å². The molecule has 0 radical (unpaired) electrons. The van der Waals surface area contributed by atoms with Crippen molar-refractivity contribution in [2.45, 2.75) is 25.4 Å². The first-order valence-electron chi connectivity index (χ1n) is 8.49. The van der Waals surface area contributed by atoms with Crippen molar-refractivity contribution in [3.8, 4) is 0 Å². The van der Waals surface area contributed by atoms with Gasteiger partial charge in [0.05, 0.1) is 12.7 Å². The second-order valence-corrected chi connectivity index (χ2v) is 6.27. The highest BCUT2D eigenvalue weighted by atomic mass is 15.2. The summed E-state index contributed by atoms with van der Waals surface area (Å²) >= 11 is 0. The third-order valence-corrected chi connectivity index (χ3v) is 4.62. The van der Waals surface area contributed by atoms with Crippen LogP contribution in [0, 0.1) is 0 Å². The van der Waals surface area contributed by atoms with Crippen LogP contribution >= 0.6 is 0 Å². The van der Waals surface area contributed by atoms with Gasteiger partial charge < -0.3 is 9.88 Å². The first kappa shape index (κ1) is 15.7. The maximum atomic E-state index is 4.46. The van der Waals surface area contributed by atoms with E-state index < -0.39 is 0 Å². The van der Waals surface area contributed by atoms with E-state index in [4.69, 9.17) is 0 Å². The molecule has 0 amide bonds. The highest BCUT2D eigenvalue weighted by Crippen LogP contribution is 2.33. The summed E-state index contributed by atoms with van der Waals surface area (Å²) in [6, 6.07) is 4.60. The topological polar surface area (TPSA) is 71.8 Å². The normalized spacial score (nSPS) is 17.7. The first-order chi connectivity index (χ1) is 12.3. The standard InChI is InChI=1S/C18H21N7/c1-24-10-8-22-18(24)13-25-9-2-3-15(25)14-4-5-20-16(11-14)23-17-12-19-6-7-21-17/h4-8,10-12,15H,2-3,9,13H2,1H3,(H,20,21,23). The summed E-state index contributed by atoms with van der Waals surface area (Å²) in [4.78, 5) is 19.7. The van der Waals surface area contributed by atoms with Crippen molar-refractivity contribution in [1.29, 1.82) is 0 Å². The highest BCUT2D eigenvalue weighted by molar-refractivity contribution is 5.51. The number of aryl methyl sites for hydroxylation is 1. The van der Waals surface area contributed by atoms with E-state index in [0.29, 0.717) is 11.9 Å². The monoisotopic (exact) mass is 335 g/mol. The minimum absolute atomic E-state index is 0.391. The number of likely N-dealkylation sites (tertiary alicyclic amines) is 1. The molecule has 4 rings (SSSR count). The molecule has 1 atom stereocenters. The molecule has 4 heterocycles. The molecule has 0 spiro atoms. The maximum Gasteiger partial charge on any atom is 0.150 e. The van der Waals surface area contributed by atoms with E-state index >= 15 is 0 Å². The van der Waals surface area contributed by atoms with Crippen molar-refractivity contribution >= 4 is 11.6 Å². The van der Waals surface area contributed by atoms with Gasteiger partial charge in [0.15, 0.2) is 0 Å². The van der Waals surface area contributed by atoms with Crippen LogP contribution in [0.25, 0.3) is 0 Å². The van der Waals surface area contributed by atoms with Gasteiger partial charge in [-0.1, -0.05) is 0 Å². The number of imidazole rings is 1. The minimum atomic E-state index is 0.391. The van der Waals surface area contributed by atoms with Gasteiger partial charge in [0.1, 0.15) is 17.5 Å². The molecule has 7 heteroatoms. The molecular weight excluding hydrogens is 314 g/mol. The molecule has 128 valence electrons. The fourth-order valence-corrected chi connectivity index (χ4v) is 3.34. The van der Waals surface area contributed by atoms with Gasteiger partial charge in [0.2, 0.25) is 0 Å². The number of nitrogens with one attached hydrogen (secondary N) is 1. The van der Waals surface area contributed by atoms with Gasteiger partial charge in [-0.15, -0.1) is 0 Å². The van der Waals surface area contributed by atoms with Gasteiger partial charge in [0, 0.05) is 44.1 Å². The lowest BCUT2D eigenvalue weighted by Crippen LogP contribution is -2.24. The molecular formula is C18H21N7. The molecule has 0 aromatic carbocycles. The zero-order valence-corrected chi connectivity index (χ0v) is 14.2. The lowest BCUT2D eigenvalue weighted by molar-refractivity contribution is 0.240. The Morgan fingerprint density at radius 2 is 2.04 bits per heavy atom. The summed E-state index contributed by atoms with van der Waals surface area (Å²) in [7, 11) is 2.04. The van der Waals surface area contributed by atoms with E-state index in [9.17, 15) is 0 Å². The number of nitrogens with zero attached hydrogens (tertiary/aromatic N) is 6. The van der Waals surface area contributed by atoms with Crippen LogP contribution in [0.4, 0.5) is 11.6 Å². The Kier molecular flexibility index (Phi) is 4.39. The summed E-state index contributed by atoms with van der Waals surface area (Å²) in [5.41, 5.74) is 1.27. The molecule has 1 saturated heterocycles. The van der Waals surface area contributed by atoms with Gasteiger partial charge in [-0.3, -0.25) is 9.88 Å². The SMILES string of the molecule is Cn1ccnc1CN1CCCC1c1ccnc(Nc2cnccn2)c1. The molecule has 1 unspecified atom stereocenters. The number of rotatable bonds is 5. The van der Waals surface area contributed by atoms with Crippen molar-refractivity contribution in [1.82, 2.24) is 29.4 Å². The molecule has 1 fully saturated rings. The van der Waals surface area contributed by atoms with Crippen molar-refractivity contribution in [2.75, 3.05) is 11.9 Å². The van der Waals surface area contributed by atoms with Crippen LogP contribution in [-0.4, -0.2) is 35.9 Å². The van der Waals surface area contributed by atoms with E-state index in [1.807, 2.05) is 25.6 Å². The molecule has 25 heavy (non-hydrogen) atoms. The fraction of sp³-hybridized carbons (Fsp3) is 0.333. The summed E-state index contributed by atoms with van der Waals surface area (Å²) in [5, 5.41) is 3.22. The second kappa shape index (κ2) is 6.98. The molecule has 1 aliphatic heterocycles. The zero-order valence-electron chi connectivity index (χ0n) is 14.2. The lowest BCUT2D eigenvalue weighted by atomic mass is 10.1. The minimum Gasteiger partial charge on any atom is -0.337 e. The summed E-state index contributed by atoms with van der Waals surface area (Å²) in [6.07, 6.45) is 13.1. The Morgan fingerprint density at radius 3 is 2.84 bits per heavy atom. The largest absolute Gasteiger partial charge is 0.337 e. The van der Waals surface area contributed by atoms with Crippen LogP contribution in [0.5, 0.6) is 0 Å². The molecule has 3 aromatic rings. The zero-order chi connectivity index (χ0) is 17.1. The summed E-state index contributed by atoms with van der Waals surface area (Å²) < 4.78 is 2.09. The van der Waals surface area contributed by atoms with Crippen LogP contribution in [0.2, 0.25) is 0 Å². The first-order valence-corrected chi connectivity index (χ1v) is 8.49. The predicted octanol–water partition coefficient (Wildman–Crippen LogP) is 2.69. The Labute approximate surface area is 146 Å². The second-order valence-electron chi connectivity index (χ2n) is 6.27. The molecule has 0 bridgehead atoms. The summed E-state index contributed by atoms with van der Waals surface area (Å²) in [6.45, 7) is 1.95. The Morgan fingerprint density at radius 1 is 1.12 bits per heavy atom. The Hall–Kier alpha value is -2.80. The quantitative estimate of drug-likeness (QED) is 0.773. The van der Waals surface area contributed by atoms with Gasteiger partial charge in [-0.25, -0.2) is 15.0 Å². The van der Waals surface area contributed by atoms with Crippen molar-refractivity contribution in [2.24, 2.45) is 7.05 Å². The van der Waals surface area contributed by atoms with Crippen LogP contribution < -0.4 is 5.32 Å². The average molecular weight is 335 g/mol. The van der Waals surface area contributed by atoms with E-state index in [1.165, 1.54) is 12.0 Å². The van der Waals surface area contributed by atoms with E-state index in [-0.39, 0.29) is 0 Å². The number of pyridine rings is 1. The molecule has 1 N–H and O–H groups in total. The number of hydrogen-bond donors (Lipinski definition) is 1. The number of anilines is 2. The van der Waals surface area contributed by atoms with Gasteiger partial charge >= 0.3 is 0 Å². The molecule has 0 saturated carbocycles. The van der Waals surface area contributed by atoms with Crippen LogP contribution in [0.1, 0.15) is 30.3 Å². The smallest absolute Gasteiger partial charge is 0.150 e. The van der Waals surface area contributed by atoms with Crippen LogP contribution in [0.3, 0.4) is 0 Å². The number of hydrogen-bond acceptors (Lipinski definition) is 6. The Bertz CT molecular complexity index is 830. The average Bonchev–Trinajstić information content (AvgIpc) is 3.26. The van der Waals surface area contributed by atoms with E-state index in [1.54, 1.807) is 18.6 Å². The summed E-state index contributed by atoms with van der Waals surface area (Å²) in [5.74, 6) is 2.59. The molecule has 7 nitrogen and oxygen atoms in total. The molecule has 3 aromatic heterocycles. The maximum absolute atomic E-state index is 4.46. The highest BCUT2D eigenvalue weighted by Gasteiger charge is 2.27. The number of aromatic nitrogens is 5. The van der Waals surface area contributed by atoms with E-state index in [2.05, 4.69) is 46.9 Å². The van der Waals surface area contributed by atoms with Crippen molar-refractivity contribution < 1.29 is 0 Å². The van der Waals surface area contributed by atoms with Crippen molar-refractivity contribution in [3.05, 3.63) is 60.7 Å². The third-order valence-electron chi connectivity index (χ3n) is 4.62. The molecule has 1 aliphatic rings. The van der Waals surface area contributed by atoms with Crippen LogP contribution in [-0.2, 0) is 13.6 Å². The van der Waals surface area contributed by atoms with Crippen molar-refractivity contribution in [3.63, 3.8) is 0 Å². The Balaban J connectivity index is 1.52. The van der Waals surface area contributed by atoms with Gasteiger partial charge in [0.25, 0.3) is 0 Å². The third kappa shape index (κ3) is 3.51.